The van der Waals surface area contributed by atoms with E-state index in [2.05, 4.69) is 52.6 Å². The van der Waals surface area contributed by atoms with E-state index >= 15 is 0 Å². The Morgan fingerprint density at radius 1 is 1.12 bits per heavy atom. The second-order valence-electron chi connectivity index (χ2n) is 7.76. The molecule has 2 aromatic rings. The maximum Gasteiger partial charge on any atom is 0.0648 e. The molecular weight excluding hydrogens is 308 g/mol. The van der Waals surface area contributed by atoms with E-state index < -0.39 is 0 Å². The van der Waals surface area contributed by atoms with E-state index in [9.17, 15) is 0 Å². The van der Waals surface area contributed by atoms with Crippen molar-refractivity contribution >= 4 is 0 Å². The quantitative estimate of drug-likeness (QED) is 0.908. The molecule has 1 aromatic carbocycles. The lowest BCUT2D eigenvalue weighted by Crippen LogP contribution is -2.46. The zero-order chi connectivity index (χ0) is 17.2. The minimum atomic E-state index is 0.716. The van der Waals surface area contributed by atoms with E-state index in [1.54, 1.807) is 0 Å². The first-order chi connectivity index (χ1) is 12.2. The average molecular weight is 338 g/mol. The summed E-state index contributed by atoms with van der Waals surface area (Å²) in [6.45, 7) is 7.85. The summed E-state index contributed by atoms with van der Waals surface area (Å²) in [5, 5.41) is 8.36. The van der Waals surface area contributed by atoms with Crippen molar-refractivity contribution in [3.8, 4) is 5.69 Å². The fraction of sp³-hybridized carbons (Fsp3) is 0.571. The second kappa shape index (κ2) is 7.30. The van der Waals surface area contributed by atoms with Crippen LogP contribution in [-0.4, -0.2) is 46.4 Å². The minimum Gasteiger partial charge on any atom is -0.314 e. The zero-order valence-corrected chi connectivity index (χ0v) is 15.5. The van der Waals surface area contributed by atoms with Gasteiger partial charge in [0.05, 0.1) is 11.4 Å². The van der Waals surface area contributed by atoms with E-state index in [4.69, 9.17) is 0 Å². The summed E-state index contributed by atoms with van der Waals surface area (Å²) < 4.78 is 2.02. The van der Waals surface area contributed by atoms with Crippen molar-refractivity contribution in [2.45, 2.75) is 58.0 Å². The van der Waals surface area contributed by atoms with Crippen LogP contribution in [0.4, 0.5) is 0 Å². The Labute approximate surface area is 151 Å². The van der Waals surface area contributed by atoms with Crippen molar-refractivity contribution in [2.24, 2.45) is 0 Å². The van der Waals surface area contributed by atoms with Crippen LogP contribution in [0.5, 0.6) is 0 Å². The number of benzene rings is 1. The Hall–Kier alpha value is -1.65. The Balaban J connectivity index is 1.28. The molecule has 134 valence electrons. The van der Waals surface area contributed by atoms with Gasteiger partial charge in [-0.2, -0.15) is 5.10 Å². The van der Waals surface area contributed by atoms with Crippen LogP contribution in [-0.2, 0) is 6.42 Å². The monoisotopic (exact) mass is 338 g/mol. The van der Waals surface area contributed by atoms with Gasteiger partial charge in [0.1, 0.15) is 0 Å². The van der Waals surface area contributed by atoms with Gasteiger partial charge in [-0.25, -0.2) is 4.68 Å². The van der Waals surface area contributed by atoms with Gasteiger partial charge in [0.25, 0.3) is 0 Å². The lowest BCUT2D eigenvalue weighted by atomic mass is 9.97. The number of piperidine rings is 1. The van der Waals surface area contributed by atoms with Gasteiger partial charge in [0, 0.05) is 17.8 Å². The molecule has 4 rings (SSSR count). The molecule has 0 unspecified atom stereocenters. The molecule has 0 spiro atoms. The standard InChI is InChI=1S/C21H30N4/c1-16-14-17(2)25(23-16)20-7-5-18(6-8-20)9-11-22-19-10-13-24-12-3-4-21(24)15-19/h5-8,14,19,21-22H,3-4,9-13,15H2,1-2H3/t19-,21-/m0/s1. The van der Waals surface area contributed by atoms with Gasteiger partial charge in [-0.05, 0) is 89.3 Å². The summed E-state index contributed by atoms with van der Waals surface area (Å²) in [6, 6.07) is 12.5. The first kappa shape index (κ1) is 16.8. The maximum atomic E-state index is 4.56. The van der Waals surface area contributed by atoms with E-state index in [0.29, 0.717) is 6.04 Å². The highest BCUT2D eigenvalue weighted by molar-refractivity contribution is 5.36. The van der Waals surface area contributed by atoms with Crippen molar-refractivity contribution in [3.05, 3.63) is 47.3 Å². The molecule has 0 amide bonds. The molecule has 1 aromatic heterocycles. The molecule has 1 N–H and O–H groups in total. The van der Waals surface area contributed by atoms with Crippen LogP contribution in [0.3, 0.4) is 0 Å². The van der Waals surface area contributed by atoms with Crippen LogP contribution in [0.2, 0.25) is 0 Å². The third-order valence-corrected chi connectivity index (χ3v) is 5.86. The molecule has 0 bridgehead atoms. The molecule has 2 atom stereocenters. The Bertz CT molecular complexity index is 703. The smallest absolute Gasteiger partial charge is 0.0648 e. The van der Waals surface area contributed by atoms with Gasteiger partial charge >= 0.3 is 0 Å². The van der Waals surface area contributed by atoms with Gasteiger partial charge in [0.2, 0.25) is 0 Å². The molecule has 0 aliphatic carbocycles. The summed E-state index contributed by atoms with van der Waals surface area (Å²) in [5.41, 5.74) is 4.80. The highest BCUT2D eigenvalue weighted by Crippen LogP contribution is 2.26. The third-order valence-electron chi connectivity index (χ3n) is 5.86. The number of nitrogens with zero attached hydrogens (tertiary/aromatic N) is 3. The molecule has 2 fully saturated rings. The van der Waals surface area contributed by atoms with Crippen molar-refractivity contribution in [3.63, 3.8) is 0 Å². The number of aromatic nitrogens is 2. The predicted octanol–water partition coefficient (Wildman–Crippen LogP) is 3.25. The van der Waals surface area contributed by atoms with Gasteiger partial charge in [-0.1, -0.05) is 12.1 Å². The predicted molar refractivity (Wildman–Crippen MR) is 102 cm³/mol. The molecular formula is C21H30N4. The normalized spacial score (nSPS) is 23.8. The minimum absolute atomic E-state index is 0.716. The molecule has 0 saturated carbocycles. The Morgan fingerprint density at radius 2 is 1.96 bits per heavy atom. The van der Waals surface area contributed by atoms with Gasteiger partial charge < -0.3 is 10.2 Å². The van der Waals surface area contributed by atoms with Crippen LogP contribution < -0.4 is 5.32 Å². The number of fused-ring (bicyclic) bond motifs is 1. The summed E-state index contributed by atoms with van der Waals surface area (Å²) in [7, 11) is 0. The van der Waals surface area contributed by atoms with Crippen molar-refractivity contribution in [1.29, 1.82) is 0 Å². The van der Waals surface area contributed by atoms with Gasteiger partial charge in [-0.3, -0.25) is 0 Å². The first-order valence-corrected chi connectivity index (χ1v) is 9.79. The highest BCUT2D eigenvalue weighted by Gasteiger charge is 2.31. The Kier molecular flexibility index (Phi) is 4.91. The lowest BCUT2D eigenvalue weighted by Gasteiger charge is -2.35. The number of aryl methyl sites for hydroxylation is 2. The fourth-order valence-corrected chi connectivity index (χ4v) is 4.52. The lowest BCUT2D eigenvalue weighted by molar-refractivity contribution is 0.167. The molecule has 2 saturated heterocycles. The van der Waals surface area contributed by atoms with E-state index in [1.807, 2.05) is 11.6 Å². The largest absolute Gasteiger partial charge is 0.314 e. The van der Waals surface area contributed by atoms with Crippen LogP contribution in [0.15, 0.2) is 30.3 Å². The first-order valence-electron chi connectivity index (χ1n) is 9.79. The molecule has 25 heavy (non-hydrogen) atoms. The molecule has 0 radical (unpaired) electrons. The average Bonchev–Trinajstić information content (AvgIpc) is 3.21. The molecule has 3 heterocycles. The number of nitrogens with one attached hydrogen (secondary N) is 1. The summed E-state index contributed by atoms with van der Waals surface area (Å²) in [5.74, 6) is 0. The summed E-state index contributed by atoms with van der Waals surface area (Å²) in [6.07, 6.45) is 6.57. The number of rotatable bonds is 5. The Morgan fingerprint density at radius 3 is 2.72 bits per heavy atom. The molecule has 4 heteroatoms. The summed E-state index contributed by atoms with van der Waals surface area (Å²) >= 11 is 0. The van der Waals surface area contributed by atoms with Crippen LogP contribution in [0.25, 0.3) is 5.69 Å². The molecule has 2 aliphatic heterocycles. The van der Waals surface area contributed by atoms with Crippen molar-refractivity contribution < 1.29 is 0 Å². The maximum absolute atomic E-state index is 4.56. The van der Waals surface area contributed by atoms with Crippen LogP contribution >= 0.6 is 0 Å². The van der Waals surface area contributed by atoms with Crippen LogP contribution in [0, 0.1) is 13.8 Å². The van der Waals surface area contributed by atoms with E-state index in [0.717, 1.165) is 30.4 Å². The highest BCUT2D eigenvalue weighted by atomic mass is 15.3. The molecule has 4 nitrogen and oxygen atoms in total. The summed E-state index contributed by atoms with van der Waals surface area (Å²) in [4.78, 5) is 2.69. The third kappa shape index (κ3) is 3.80. The SMILES string of the molecule is Cc1cc(C)n(-c2ccc(CCN[C@H]3CCN4CCC[C@H]4C3)cc2)n1. The van der Waals surface area contributed by atoms with E-state index in [1.165, 1.54) is 50.0 Å². The topological polar surface area (TPSA) is 33.1 Å². The van der Waals surface area contributed by atoms with Gasteiger partial charge in [-0.15, -0.1) is 0 Å². The zero-order valence-electron chi connectivity index (χ0n) is 15.5. The van der Waals surface area contributed by atoms with E-state index in [-0.39, 0.29) is 0 Å². The van der Waals surface area contributed by atoms with Gasteiger partial charge in [0.15, 0.2) is 0 Å². The fourth-order valence-electron chi connectivity index (χ4n) is 4.52. The van der Waals surface area contributed by atoms with Crippen LogP contribution in [0.1, 0.15) is 42.6 Å². The van der Waals surface area contributed by atoms with Crippen molar-refractivity contribution in [2.75, 3.05) is 19.6 Å². The second-order valence-corrected chi connectivity index (χ2v) is 7.76. The number of hydrogen-bond acceptors (Lipinski definition) is 3. The molecule has 2 aliphatic rings. The van der Waals surface area contributed by atoms with Crippen molar-refractivity contribution in [1.82, 2.24) is 20.0 Å². The number of hydrogen-bond donors (Lipinski definition) is 1.